The molecule has 1 saturated carbocycles. The third-order valence-corrected chi connectivity index (χ3v) is 14.2. The van der Waals surface area contributed by atoms with Gasteiger partial charge in [-0.3, -0.25) is 4.79 Å². The van der Waals surface area contributed by atoms with Gasteiger partial charge >= 0.3 is 5.97 Å². The van der Waals surface area contributed by atoms with Crippen LogP contribution in [0.25, 0.3) is 11.1 Å². The summed E-state index contributed by atoms with van der Waals surface area (Å²) in [6, 6.07) is 18.8. The van der Waals surface area contributed by atoms with E-state index in [1.165, 1.54) is 10.8 Å². The number of fused-ring (bicyclic) bond motifs is 3. The lowest BCUT2D eigenvalue weighted by atomic mass is 9.92. The normalized spacial score (nSPS) is 19.6. The molecule has 12 heteroatoms. The molecule has 9 nitrogen and oxygen atoms in total. The van der Waals surface area contributed by atoms with Gasteiger partial charge in [-0.2, -0.15) is 5.26 Å². The van der Waals surface area contributed by atoms with Crippen molar-refractivity contribution in [2.24, 2.45) is 5.73 Å². The number of rotatable bonds is 16. The second kappa shape index (κ2) is 17.9. The summed E-state index contributed by atoms with van der Waals surface area (Å²) in [6.07, 6.45) is 3.10. The molecule has 2 aromatic carbocycles. The Bertz CT molecular complexity index is 1400. The highest BCUT2D eigenvalue weighted by atomic mass is 33.1. The summed E-state index contributed by atoms with van der Waals surface area (Å²) < 4.78 is 20.7. The Kier molecular flexibility index (Phi) is 14.4. The molecule has 0 saturated heterocycles. The van der Waals surface area contributed by atoms with Gasteiger partial charge in [0.1, 0.15) is 6.61 Å². The van der Waals surface area contributed by atoms with Gasteiger partial charge in [0.05, 0.1) is 25.2 Å². The molecule has 4 rings (SSSR count). The van der Waals surface area contributed by atoms with Gasteiger partial charge in [-0.1, -0.05) is 90.9 Å². The molecule has 268 valence electrons. The van der Waals surface area contributed by atoms with E-state index in [1.54, 1.807) is 10.8 Å². The van der Waals surface area contributed by atoms with E-state index in [0.29, 0.717) is 25.9 Å². The van der Waals surface area contributed by atoms with Gasteiger partial charge in [-0.25, -0.2) is 9.46 Å². The van der Waals surface area contributed by atoms with Gasteiger partial charge in [-0.05, 0) is 75.6 Å². The monoisotopic (exact) mass is 728 g/mol. The van der Waals surface area contributed by atoms with Crippen LogP contribution in [0.15, 0.2) is 48.5 Å². The van der Waals surface area contributed by atoms with Crippen molar-refractivity contribution in [1.29, 1.82) is 5.26 Å². The Morgan fingerprint density at radius 2 is 1.57 bits per heavy atom. The maximum absolute atomic E-state index is 13.9. The zero-order valence-corrected chi connectivity index (χ0v) is 32.5. The van der Waals surface area contributed by atoms with E-state index in [2.05, 4.69) is 88.8 Å². The number of ether oxygens (including phenoxy) is 1. The Balaban J connectivity index is 1.41. The second-order valence-corrected chi connectivity index (χ2v) is 18.9. The highest BCUT2D eigenvalue weighted by Gasteiger charge is 2.46. The van der Waals surface area contributed by atoms with E-state index < -0.39 is 25.9 Å². The van der Waals surface area contributed by atoms with E-state index >= 15 is 0 Å². The molecular formula is C37H53N4O5PS2. The first-order valence-corrected chi connectivity index (χ1v) is 20.7. The predicted octanol–water partition coefficient (Wildman–Crippen LogP) is 7.94. The highest BCUT2D eigenvalue weighted by molar-refractivity contribution is 8.77. The van der Waals surface area contributed by atoms with Crippen molar-refractivity contribution in [2.45, 2.75) is 121 Å². The number of benzene rings is 2. The quantitative estimate of drug-likeness (QED) is 0.0578. The standard InChI is InChI=1S/C37H53N4O5PS2/c1-25(2)41(26(3)4)47(45-22-12-21-38)46-28-19-17-27(18-20-28)40-34(42)37(39,24-48-49-36(5,6)7)35(43)44-23-33-31-15-10-8-13-29(31)30-14-9-11-16-32(30)33/h8-11,13-16,25-28,33H,12,17-20,22-24,39H2,1-7H3,(H,40,42)/t27?,28?,37-,47?/m0/s1. The Morgan fingerprint density at radius 3 is 2.10 bits per heavy atom. The van der Waals surface area contributed by atoms with E-state index in [9.17, 15) is 9.59 Å². The Labute approximate surface area is 302 Å². The molecule has 2 atom stereocenters. The van der Waals surface area contributed by atoms with E-state index in [1.807, 2.05) is 24.3 Å². The molecule has 1 fully saturated rings. The lowest BCUT2D eigenvalue weighted by Crippen LogP contribution is -2.63. The van der Waals surface area contributed by atoms with Crippen molar-refractivity contribution in [1.82, 2.24) is 9.99 Å². The molecule has 0 aliphatic heterocycles. The number of nitrogens with one attached hydrogen (secondary N) is 1. The predicted molar refractivity (Wildman–Crippen MR) is 202 cm³/mol. The van der Waals surface area contributed by atoms with Crippen LogP contribution < -0.4 is 11.1 Å². The van der Waals surface area contributed by atoms with Gasteiger partial charge in [0, 0.05) is 34.5 Å². The maximum atomic E-state index is 13.9. The van der Waals surface area contributed by atoms with Crippen molar-refractivity contribution >= 4 is 42.0 Å². The molecule has 2 aromatic rings. The molecule has 49 heavy (non-hydrogen) atoms. The largest absolute Gasteiger partial charge is 0.463 e. The molecule has 3 N–H and O–H groups in total. The van der Waals surface area contributed by atoms with Crippen LogP contribution in [0.3, 0.4) is 0 Å². The average Bonchev–Trinajstić information content (AvgIpc) is 3.37. The summed E-state index contributed by atoms with van der Waals surface area (Å²) in [6.45, 7) is 15.1. The smallest absolute Gasteiger partial charge is 0.336 e. The van der Waals surface area contributed by atoms with Crippen molar-refractivity contribution < 1.29 is 23.4 Å². The number of nitrogens with two attached hydrogens (primary N) is 1. The van der Waals surface area contributed by atoms with Gasteiger partial charge in [-0.15, -0.1) is 0 Å². The summed E-state index contributed by atoms with van der Waals surface area (Å²) in [5, 5.41) is 12.1. The van der Waals surface area contributed by atoms with Crippen molar-refractivity contribution in [3.05, 3.63) is 59.7 Å². The minimum atomic E-state index is -1.86. The first-order valence-electron chi connectivity index (χ1n) is 17.3. The maximum Gasteiger partial charge on any atom is 0.336 e. The SMILES string of the molecule is CC(C)N(C(C)C)P(OCCC#N)OC1CCC(NC(=O)[C@@](N)(CSSC(C)(C)C)C(=O)OCC2c3ccccc3-c3ccccc32)CC1. The molecule has 2 aliphatic carbocycles. The molecule has 0 bridgehead atoms. The van der Waals surface area contributed by atoms with Crippen molar-refractivity contribution in [3.63, 3.8) is 0 Å². The van der Waals surface area contributed by atoms with Crippen LogP contribution in [0, 0.1) is 11.3 Å². The van der Waals surface area contributed by atoms with Crippen LogP contribution in [0.1, 0.15) is 97.6 Å². The number of esters is 1. The summed E-state index contributed by atoms with van der Waals surface area (Å²) in [5.41, 5.74) is 9.37. The zero-order chi connectivity index (χ0) is 35.8. The summed E-state index contributed by atoms with van der Waals surface area (Å²) in [5.74, 6) is -1.27. The third-order valence-electron chi connectivity index (χ3n) is 8.62. The molecular weight excluding hydrogens is 676 g/mol. The average molecular weight is 729 g/mol. The Morgan fingerprint density at radius 1 is 1.00 bits per heavy atom. The van der Waals surface area contributed by atoms with Gasteiger partial charge in [0.15, 0.2) is 0 Å². The molecule has 0 spiro atoms. The number of hydrogen-bond acceptors (Lipinski definition) is 10. The molecule has 1 unspecified atom stereocenters. The van der Waals surface area contributed by atoms with Crippen LogP contribution >= 0.6 is 30.1 Å². The van der Waals surface area contributed by atoms with E-state index in [4.69, 9.17) is 24.8 Å². The summed E-state index contributed by atoms with van der Waals surface area (Å²) >= 11 is 0. The topological polar surface area (TPSA) is 127 Å². The molecule has 1 amide bonds. The number of carbonyl (C=O) groups is 2. The zero-order valence-electron chi connectivity index (χ0n) is 29.9. The minimum Gasteiger partial charge on any atom is -0.463 e. The number of amides is 1. The first kappa shape index (κ1) is 39.6. The molecule has 2 aliphatic rings. The fourth-order valence-corrected chi connectivity index (χ4v) is 10.7. The van der Waals surface area contributed by atoms with Crippen LogP contribution in [-0.2, 0) is 23.4 Å². The fourth-order valence-electron chi connectivity index (χ4n) is 6.29. The molecule has 0 aromatic heterocycles. The lowest BCUT2D eigenvalue weighted by molar-refractivity contribution is -0.154. The van der Waals surface area contributed by atoms with E-state index in [0.717, 1.165) is 35.1 Å². The minimum absolute atomic E-state index is 0.0372. The second-order valence-electron chi connectivity index (χ2n) is 14.4. The van der Waals surface area contributed by atoms with Crippen LogP contribution in [-0.4, -0.2) is 70.0 Å². The summed E-state index contributed by atoms with van der Waals surface area (Å²) in [4.78, 5) is 27.8. The van der Waals surface area contributed by atoms with Gasteiger partial charge < -0.3 is 24.8 Å². The fraction of sp³-hybridized carbons (Fsp3) is 0.595. The third kappa shape index (κ3) is 10.4. The number of carbonyl (C=O) groups excluding carboxylic acids is 2. The Hall–Kier alpha value is -2.16. The van der Waals surface area contributed by atoms with Crippen LogP contribution in [0.2, 0.25) is 0 Å². The van der Waals surface area contributed by atoms with E-state index in [-0.39, 0.29) is 47.3 Å². The van der Waals surface area contributed by atoms with Gasteiger partial charge in [0.25, 0.3) is 14.4 Å². The first-order chi connectivity index (χ1) is 23.2. The van der Waals surface area contributed by atoms with Crippen molar-refractivity contribution in [2.75, 3.05) is 19.0 Å². The number of nitriles is 1. The number of nitrogens with zero attached hydrogens (tertiary/aromatic N) is 2. The van der Waals surface area contributed by atoms with Gasteiger partial charge in [0.2, 0.25) is 5.54 Å². The van der Waals surface area contributed by atoms with Crippen LogP contribution in [0.4, 0.5) is 0 Å². The van der Waals surface area contributed by atoms with Crippen molar-refractivity contribution in [3.8, 4) is 17.2 Å². The molecule has 0 radical (unpaired) electrons. The summed E-state index contributed by atoms with van der Waals surface area (Å²) in [7, 11) is 1.66. The number of hydrogen-bond donors (Lipinski definition) is 2. The lowest BCUT2D eigenvalue weighted by Gasteiger charge is -2.39. The molecule has 0 heterocycles. The highest BCUT2D eigenvalue weighted by Crippen LogP contribution is 2.49. The van der Waals surface area contributed by atoms with Crippen LogP contribution in [0.5, 0.6) is 0 Å².